The standard InChI is InChI=1S/C20H25NO3/c1-14-10-12-20(24-3,13-11-14)19(22)21-17-8-9-18(23-2)16-7-5-4-6-15(16)17/h4-9,14H,10-13H2,1-3H3,(H,21,22). The van der Waals surface area contributed by atoms with E-state index >= 15 is 0 Å². The van der Waals surface area contributed by atoms with Crippen molar-refractivity contribution in [1.82, 2.24) is 0 Å². The first kappa shape index (κ1) is 16.8. The van der Waals surface area contributed by atoms with E-state index in [0.29, 0.717) is 5.92 Å². The predicted octanol–water partition coefficient (Wildman–Crippen LogP) is 4.38. The molecule has 0 bridgehead atoms. The van der Waals surface area contributed by atoms with Gasteiger partial charge in [0.05, 0.1) is 7.11 Å². The van der Waals surface area contributed by atoms with E-state index in [0.717, 1.165) is 47.9 Å². The minimum Gasteiger partial charge on any atom is -0.496 e. The maximum atomic E-state index is 13.0. The molecular formula is C20H25NO3. The Morgan fingerprint density at radius 3 is 2.38 bits per heavy atom. The van der Waals surface area contributed by atoms with Crippen molar-refractivity contribution in [2.45, 2.75) is 38.2 Å². The molecule has 2 aromatic rings. The molecule has 0 aliphatic heterocycles. The average molecular weight is 327 g/mol. The largest absolute Gasteiger partial charge is 0.496 e. The molecule has 4 heteroatoms. The summed E-state index contributed by atoms with van der Waals surface area (Å²) >= 11 is 0. The Balaban J connectivity index is 1.91. The summed E-state index contributed by atoms with van der Waals surface area (Å²) in [5, 5.41) is 5.05. The number of carbonyl (C=O) groups is 1. The van der Waals surface area contributed by atoms with Gasteiger partial charge < -0.3 is 14.8 Å². The van der Waals surface area contributed by atoms with Crippen LogP contribution < -0.4 is 10.1 Å². The van der Waals surface area contributed by atoms with Crippen LogP contribution in [0.2, 0.25) is 0 Å². The summed E-state index contributed by atoms with van der Waals surface area (Å²) in [6.45, 7) is 2.23. The summed E-state index contributed by atoms with van der Waals surface area (Å²) < 4.78 is 11.1. The molecular weight excluding hydrogens is 302 g/mol. The van der Waals surface area contributed by atoms with E-state index in [1.807, 2.05) is 36.4 Å². The molecule has 3 rings (SSSR count). The van der Waals surface area contributed by atoms with E-state index in [9.17, 15) is 4.79 Å². The summed E-state index contributed by atoms with van der Waals surface area (Å²) in [7, 11) is 3.30. The van der Waals surface area contributed by atoms with Gasteiger partial charge in [-0.25, -0.2) is 0 Å². The van der Waals surface area contributed by atoms with Crippen molar-refractivity contribution in [2.75, 3.05) is 19.5 Å². The molecule has 1 aliphatic carbocycles. The number of ether oxygens (including phenoxy) is 2. The van der Waals surface area contributed by atoms with Crippen LogP contribution >= 0.6 is 0 Å². The van der Waals surface area contributed by atoms with E-state index < -0.39 is 5.60 Å². The third kappa shape index (κ3) is 2.98. The Bertz CT molecular complexity index is 733. The summed E-state index contributed by atoms with van der Waals surface area (Å²) in [5.41, 5.74) is 0.0829. The maximum absolute atomic E-state index is 13.0. The highest BCUT2D eigenvalue weighted by Crippen LogP contribution is 2.37. The van der Waals surface area contributed by atoms with E-state index in [2.05, 4.69) is 12.2 Å². The smallest absolute Gasteiger partial charge is 0.256 e. The first-order valence-corrected chi connectivity index (χ1v) is 8.52. The SMILES string of the molecule is COc1ccc(NC(=O)C2(OC)CCC(C)CC2)c2ccccc12. The van der Waals surface area contributed by atoms with Crippen LogP contribution in [0.4, 0.5) is 5.69 Å². The van der Waals surface area contributed by atoms with Crippen LogP contribution in [0.3, 0.4) is 0 Å². The zero-order chi connectivity index (χ0) is 17.2. The summed E-state index contributed by atoms with van der Waals surface area (Å²) in [4.78, 5) is 13.0. The number of hydrogen-bond acceptors (Lipinski definition) is 3. The van der Waals surface area contributed by atoms with Crippen LogP contribution in [0, 0.1) is 5.92 Å². The number of nitrogens with one attached hydrogen (secondary N) is 1. The molecule has 0 aromatic heterocycles. The van der Waals surface area contributed by atoms with Gasteiger partial charge in [-0.1, -0.05) is 31.2 Å². The van der Waals surface area contributed by atoms with E-state index in [-0.39, 0.29) is 5.91 Å². The van der Waals surface area contributed by atoms with Gasteiger partial charge in [0.15, 0.2) is 0 Å². The fourth-order valence-electron chi connectivity index (χ4n) is 3.55. The monoisotopic (exact) mass is 327 g/mol. The second-order valence-electron chi connectivity index (χ2n) is 6.70. The topological polar surface area (TPSA) is 47.6 Å². The van der Waals surface area contributed by atoms with Crippen LogP contribution in [0.15, 0.2) is 36.4 Å². The maximum Gasteiger partial charge on any atom is 0.256 e. The number of methoxy groups -OCH3 is 2. The number of amides is 1. The molecule has 1 fully saturated rings. The highest BCUT2D eigenvalue weighted by Gasteiger charge is 2.41. The van der Waals surface area contributed by atoms with Gasteiger partial charge in [-0.3, -0.25) is 4.79 Å². The summed E-state index contributed by atoms with van der Waals surface area (Å²) in [5.74, 6) is 1.41. The van der Waals surface area contributed by atoms with Crippen LogP contribution in [-0.2, 0) is 9.53 Å². The number of benzene rings is 2. The normalized spacial score (nSPS) is 23.9. The molecule has 0 radical (unpaired) electrons. The molecule has 0 atom stereocenters. The molecule has 0 unspecified atom stereocenters. The van der Waals surface area contributed by atoms with Crippen molar-refractivity contribution < 1.29 is 14.3 Å². The van der Waals surface area contributed by atoms with Crippen LogP contribution in [-0.4, -0.2) is 25.7 Å². The van der Waals surface area contributed by atoms with Gasteiger partial charge in [-0.2, -0.15) is 0 Å². The first-order valence-electron chi connectivity index (χ1n) is 8.52. The highest BCUT2D eigenvalue weighted by atomic mass is 16.5. The first-order chi connectivity index (χ1) is 11.6. The van der Waals surface area contributed by atoms with Crippen molar-refractivity contribution >= 4 is 22.4 Å². The average Bonchev–Trinajstić information content (AvgIpc) is 2.63. The van der Waals surface area contributed by atoms with Gasteiger partial charge in [-0.15, -0.1) is 0 Å². The van der Waals surface area contributed by atoms with Gasteiger partial charge in [-0.05, 0) is 43.7 Å². The quantitative estimate of drug-likeness (QED) is 0.906. The lowest BCUT2D eigenvalue weighted by molar-refractivity contribution is -0.142. The minimum absolute atomic E-state index is 0.0489. The zero-order valence-electron chi connectivity index (χ0n) is 14.6. The number of carbonyl (C=O) groups excluding carboxylic acids is 1. The van der Waals surface area contributed by atoms with Crippen LogP contribution in [0.25, 0.3) is 10.8 Å². The number of hydrogen-bond donors (Lipinski definition) is 1. The van der Waals surface area contributed by atoms with E-state index in [4.69, 9.17) is 9.47 Å². The Labute approximate surface area is 143 Å². The van der Waals surface area contributed by atoms with Gasteiger partial charge in [0, 0.05) is 23.6 Å². The summed E-state index contributed by atoms with van der Waals surface area (Å²) in [6, 6.07) is 11.7. The van der Waals surface area contributed by atoms with Gasteiger partial charge in [0.1, 0.15) is 11.4 Å². The van der Waals surface area contributed by atoms with Crippen molar-refractivity contribution in [2.24, 2.45) is 5.92 Å². The van der Waals surface area contributed by atoms with Crippen LogP contribution in [0.5, 0.6) is 5.75 Å². The van der Waals surface area contributed by atoms with E-state index in [1.54, 1.807) is 14.2 Å². The van der Waals surface area contributed by atoms with Crippen molar-refractivity contribution in [3.8, 4) is 5.75 Å². The molecule has 1 saturated carbocycles. The number of fused-ring (bicyclic) bond motifs is 1. The van der Waals surface area contributed by atoms with Crippen LogP contribution in [0.1, 0.15) is 32.6 Å². The van der Waals surface area contributed by atoms with Gasteiger partial charge >= 0.3 is 0 Å². The molecule has 0 spiro atoms. The Hall–Kier alpha value is -2.07. The molecule has 4 nitrogen and oxygen atoms in total. The Morgan fingerprint density at radius 1 is 1.08 bits per heavy atom. The molecule has 24 heavy (non-hydrogen) atoms. The predicted molar refractivity (Wildman–Crippen MR) is 96.5 cm³/mol. The molecule has 128 valence electrons. The van der Waals surface area contributed by atoms with Crippen molar-refractivity contribution in [1.29, 1.82) is 0 Å². The lowest BCUT2D eigenvalue weighted by Crippen LogP contribution is -2.47. The summed E-state index contributed by atoms with van der Waals surface area (Å²) in [6.07, 6.45) is 3.57. The molecule has 1 amide bonds. The highest BCUT2D eigenvalue weighted by molar-refractivity contribution is 6.06. The molecule has 0 heterocycles. The molecule has 0 saturated heterocycles. The minimum atomic E-state index is -0.715. The Kier molecular flexibility index (Phi) is 4.76. The Morgan fingerprint density at radius 2 is 1.75 bits per heavy atom. The van der Waals surface area contributed by atoms with Gasteiger partial charge in [0.25, 0.3) is 5.91 Å². The lowest BCUT2D eigenvalue weighted by Gasteiger charge is -2.36. The number of rotatable bonds is 4. The third-order valence-electron chi connectivity index (χ3n) is 5.24. The third-order valence-corrected chi connectivity index (χ3v) is 5.24. The molecule has 1 N–H and O–H groups in total. The fraction of sp³-hybridized carbons (Fsp3) is 0.450. The molecule has 2 aromatic carbocycles. The fourth-order valence-corrected chi connectivity index (χ4v) is 3.55. The second-order valence-corrected chi connectivity index (χ2v) is 6.70. The van der Waals surface area contributed by atoms with Crippen molar-refractivity contribution in [3.05, 3.63) is 36.4 Å². The van der Waals surface area contributed by atoms with Gasteiger partial charge in [0.2, 0.25) is 0 Å². The van der Waals surface area contributed by atoms with E-state index in [1.165, 1.54) is 0 Å². The number of anilines is 1. The molecule has 1 aliphatic rings. The zero-order valence-corrected chi connectivity index (χ0v) is 14.6. The second kappa shape index (κ2) is 6.81. The lowest BCUT2D eigenvalue weighted by atomic mass is 9.79. The van der Waals surface area contributed by atoms with Crippen molar-refractivity contribution in [3.63, 3.8) is 0 Å².